The minimum absolute atomic E-state index is 0.0559. The lowest BCUT2D eigenvalue weighted by Gasteiger charge is -2.53. The molecule has 2 fully saturated rings. The number of anilines is 1. The van der Waals surface area contributed by atoms with E-state index in [4.69, 9.17) is 9.47 Å². The molecule has 1 amide bonds. The van der Waals surface area contributed by atoms with Gasteiger partial charge in [-0.3, -0.25) is 4.79 Å². The van der Waals surface area contributed by atoms with Crippen molar-refractivity contribution >= 4 is 17.4 Å². The monoisotopic (exact) mass is 495 g/mol. The summed E-state index contributed by atoms with van der Waals surface area (Å²) >= 11 is 0. The zero-order chi connectivity index (χ0) is 24.7. The van der Waals surface area contributed by atoms with Gasteiger partial charge in [-0.05, 0) is 30.2 Å². The van der Waals surface area contributed by atoms with E-state index in [9.17, 15) is 22.4 Å². The van der Waals surface area contributed by atoms with Crippen LogP contribution < -0.4 is 15.0 Å². The zero-order valence-electron chi connectivity index (χ0n) is 18.5. The molecule has 186 valence electrons. The third-order valence-electron chi connectivity index (χ3n) is 6.04. The number of nitrogens with zero attached hydrogens (tertiary/aromatic N) is 4. The average molecular weight is 495 g/mol. The number of benzene rings is 1. The van der Waals surface area contributed by atoms with E-state index in [0.29, 0.717) is 24.7 Å². The Morgan fingerprint density at radius 1 is 1.29 bits per heavy atom. The summed E-state index contributed by atoms with van der Waals surface area (Å²) < 4.78 is 67.3. The molecule has 13 heteroatoms. The molecule has 4 heterocycles. The van der Waals surface area contributed by atoms with Crippen molar-refractivity contribution in [3.05, 3.63) is 53.6 Å². The molecule has 1 N–H and O–H groups in total. The van der Waals surface area contributed by atoms with Crippen molar-refractivity contribution in [3.8, 4) is 5.75 Å². The number of amides is 1. The van der Waals surface area contributed by atoms with Gasteiger partial charge in [-0.25, -0.2) is 13.9 Å². The van der Waals surface area contributed by atoms with E-state index in [1.807, 2.05) is 6.07 Å². The van der Waals surface area contributed by atoms with Gasteiger partial charge in [0.1, 0.15) is 11.4 Å². The van der Waals surface area contributed by atoms with Gasteiger partial charge in [0.25, 0.3) is 5.91 Å². The third kappa shape index (κ3) is 4.60. The Labute approximate surface area is 196 Å². The Morgan fingerprint density at radius 3 is 2.71 bits per heavy atom. The summed E-state index contributed by atoms with van der Waals surface area (Å²) in [6.07, 6.45) is -0.919. The molecule has 2 aliphatic rings. The van der Waals surface area contributed by atoms with E-state index in [1.165, 1.54) is 23.9 Å². The van der Waals surface area contributed by atoms with Gasteiger partial charge >= 0.3 is 6.36 Å². The molecule has 5 rings (SSSR count). The summed E-state index contributed by atoms with van der Waals surface area (Å²) in [6.45, 7) is 1.19. The fourth-order valence-corrected chi connectivity index (χ4v) is 4.44. The molecular weight excluding hydrogens is 474 g/mol. The highest BCUT2D eigenvalue weighted by Gasteiger charge is 2.43. The summed E-state index contributed by atoms with van der Waals surface area (Å²) in [7, 11) is 1.38. The molecular formula is C22H21F4N5O4. The lowest BCUT2D eigenvalue weighted by atomic mass is 9.91. The van der Waals surface area contributed by atoms with Crippen molar-refractivity contribution in [1.82, 2.24) is 19.9 Å². The van der Waals surface area contributed by atoms with Crippen LogP contribution in [0.15, 0.2) is 36.7 Å². The summed E-state index contributed by atoms with van der Waals surface area (Å²) in [4.78, 5) is 19.9. The van der Waals surface area contributed by atoms with E-state index >= 15 is 0 Å². The molecule has 3 unspecified atom stereocenters. The molecule has 1 aromatic carbocycles. The maximum Gasteiger partial charge on any atom is 0.573 e. The molecule has 0 radical (unpaired) electrons. The van der Waals surface area contributed by atoms with Crippen LogP contribution in [0.25, 0.3) is 5.65 Å². The molecule has 9 nitrogen and oxygen atoms in total. The first kappa shape index (κ1) is 23.3. The molecule has 2 saturated heterocycles. The van der Waals surface area contributed by atoms with Crippen LogP contribution in [-0.2, 0) is 9.47 Å². The normalized spacial score (nSPS) is 20.4. The van der Waals surface area contributed by atoms with Crippen LogP contribution in [0, 0.1) is 5.82 Å². The second kappa shape index (κ2) is 8.96. The standard InChI is InChI=1S/C22H21F4N5O4/c1-33-11-17(12-2-3-18(16(23)6-12)35-22(24,25)26)28-21(32)15-8-27-30-5-4-19(29-20(15)30)31-13-7-14(31)10-34-9-13/h2-6,8,13-14,17H,7,9-11H2,1H3,(H,28,32). The number of alkyl halides is 3. The highest BCUT2D eigenvalue weighted by atomic mass is 19.4. The van der Waals surface area contributed by atoms with Crippen LogP contribution in [0.5, 0.6) is 5.75 Å². The molecule has 0 aliphatic carbocycles. The molecule has 2 aromatic heterocycles. The van der Waals surface area contributed by atoms with Gasteiger partial charge in [0.15, 0.2) is 17.2 Å². The Hall–Kier alpha value is -3.45. The highest BCUT2D eigenvalue weighted by molar-refractivity contribution is 6.00. The van der Waals surface area contributed by atoms with E-state index < -0.39 is 29.9 Å². The molecule has 0 saturated carbocycles. The number of ether oxygens (including phenoxy) is 3. The fourth-order valence-electron chi connectivity index (χ4n) is 4.44. The predicted octanol–water partition coefficient (Wildman–Crippen LogP) is 2.86. The summed E-state index contributed by atoms with van der Waals surface area (Å²) in [5.74, 6) is -2.02. The van der Waals surface area contributed by atoms with Crippen molar-refractivity contribution in [1.29, 1.82) is 0 Å². The second-order valence-corrected chi connectivity index (χ2v) is 8.32. The van der Waals surface area contributed by atoms with Crippen molar-refractivity contribution in [3.63, 3.8) is 0 Å². The highest BCUT2D eigenvalue weighted by Crippen LogP contribution is 2.35. The largest absolute Gasteiger partial charge is 0.573 e. The number of carbonyl (C=O) groups is 1. The lowest BCUT2D eigenvalue weighted by Crippen LogP contribution is -2.64. The first-order chi connectivity index (χ1) is 16.7. The van der Waals surface area contributed by atoms with Gasteiger partial charge in [-0.2, -0.15) is 5.10 Å². The topological polar surface area (TPSA) is 90.2 Å². The SMILES string of the molecule is COCC(NC(=O)c1cnn2ccc(N3C4COCC3C4)nc12)c1ccc(OC(F)(F)F)c(F)c1. The molecule has 3 aromatic rings. The predicted molar refractivity (Wildman–Crippen MR) is 114 cm³/mol. The number of carbonyl (C=O) groups excluding carboxylic acids is 1. The first-order valence-corrected chi connectivity index (χ1v) is 10.8. The van der Waals surface area contributed by atoms with E-state index in [-0.39, 0.29) is 29.8 Å². The van der Waals surface area contributed by atoms with Crippen molar-refractivity contribution in [2.75, 3.05) is 31.8 Å². The van der Waals surface area contributed by atoms with Gasteiger partial charge in [0.05, 0.1) is 44.1 Å². The Bertz CT molecular complexity index is 1240. The Morgan fingerprint density at radius 2 is 2.06 bits per heavy atom. The maximum absolute atomic E-state index is 14.2. The minimum Gasteiger partial charge on any atom is -0.403 e. The van der Waals surface area contributed by atoms with Crippen LogP contribution in [0.1, 0.15) is 28.4 Å². The minimum atomic E-state index is -5.03. The summed E-state index contributed by atoms with van der Waals surface area (Å²) in [5, 5.41) is 6.90. The third-order valence-corrected chi connectivity index (χ3v) is 6.04. The number of hydrogen-bond donors (Lipinski definition) is 1. The Kier molecular flexibility index (Phi) is 5.97. The number of rotatable bonds is 7. The van der Waals surface area contributed by atoms with E-state index in [0.717, 1.165) is 18.6 Å². The molecule has 3 atom stereocenters. The van der Waals surface area contributed by atoms with E-state index in [1.54, 1.807) is 6.20 Å². The Balaban J connectivity index is 1.38. The summed E-state index contributed by atoms with van der Waals surface area (Å²) in [6, 6.07) is 4.40. The molecule has 2 aliphatic heterocycles. The van der Waals surface area contributed by atoms with Crippen molar-refractivity contribution in [2.45, 2.75) is 30.9 Å². The van der Waals surface area contributed by atoms with Crippen LogP contribution in [-0.4, -0.2) is 65.9 Å². The van der Waals surface area contributed by atoms with Gasteiger partial charge in [-0.15, -0.1) is 13.2 Å². The second-order valence-electron chi connectivity index (χ2n) is 8.32. The lowest BCUT2D eigenvalue weighted by molar-refractivity contribution is -0.275. The van der Waals surface area contributed by atoms with Crippen LogP contribution in [0.3, 0.4) is 0 Å². The summed E-state index contributed by atoms with van der Waals surface area (Å²) in [5.41, 5.74) is 0.722. The first-order valence-electron chi connectivity index (χ1n) is 10.8. The van der Waals surface area contributed by atoms with Crippen molar-refractivity contribution < 1.29 is 36.6 Å². The van der Waals surface area contributed by atoms with Gasteiger partial charge in [-0.1, -0.05) is 6.07 Å². The van der Waals surface area contributed by atoms with E-state index in [2.05, 4.69) is 25.0 Å². The van der Waals surface area contributed by atoms with Gasteiger partial charge in [0.2, 0.25) is 0 Å². The number of aromatic nitrogens is 3. The smallest absolute Gasteiger partial charge is 0.403 e. The molecule has 35 heavy (non-hydrogen) atoms. The quantitative estimate of drug-likeness (QED) is 0.504. The van der Waals surface area contributed by atoms with Crippen LogP contribution in [0.4, 0.5) is 23.4 Å². The molecule has 2 bridgehead atoms. The average Bonchev–Trinajstić information content (AvgIpc) is 3.23. The number of fused-ring (bicyclic) bond motifs is 3. The van der Waals surface area contributed by atoms with Gasteiger partial charge in [0, 0.05) is 13.3 Å². The maximum atomic E-state index is 14.2. The number of methoxy groups -OCH3 is 1. The van der Waals surface area contributed by atoms with Gasteiger partial charge < -0.3 is 24.4 Å². The number of hydrogen-bond acceptors (Lipinski definition) is 7. The number of nitrogens with one attached hydrogen (secondary N) is 1. The number of morpholine rings is 1. The fraction of sp³-hybridized carbons (Fsp3) is 0.409. The van der Waals surface area contributed by atoms with Crippen molar-refractivity contribution in [2.24, 2.45) is 0 Å². The number of halogens is 4. The zero-order valence-corrected chi connectivity index (χ0v) is 18.5. The van der Waals surface area contributed by atoms with Crippen LogP contribution in [0.2, 0.25) is 0 Å². The molecule has 0 spiro atoms. The van der Waals surface area contributed by atoms with Crippen LogP contribution >= 0.6 is 0 Å².